The summed E-state index contributed by atoms with van der Waals surface area (Å²) in [6, 6.07) is 15.3. The van der Waals surface area contributed by atoms with Gasteiger partial charge in [-0.2, -0.15) is 0 Å². The minimum atomic E-state index is -1.14. The molecule has 2 aromatic carbocycles. The lowest BCUT2D eigenvalue weighted by Gasteiger charge is -2.38. The van der Waals surface area contributed by atoms with E-state index in [0.29, 0.717) is 24.2 Å². The fraction of sp³-hybridized carbons (Fsp3) is 0.448. The van der Waals surface area contributed by atoms with E-state index in [0.717, 1.165) is 53.4 Å². The van der Waals surface area contributed by atoms with E-state index in [1.54, 1.807) is 38.2 Å². The Morgan fingerprint density at radius 3 is 2.76 bits per heavy atom. The molecule has 1 N–H and O–H groups in total. The predicted octanol–water partition coefficient (Wildman–Crippen LogP) is 6.25. The van der Waals surface area contributed by atoms with E-state index >= 15 is 4.39 Å². The van der Waals surface area contributed by atoms with Crippen molar-refractivity contribution in [3.63, 3.8) is 0 Å². The first-order chi connectivity index (χ1) is 18.0. The second kappa shape index (κ2) is 13.1. The van der Waals surface area contributed by atoms with E-state index in [4.69, 9.17) is 9.47 Å². The highest BCUT2D eigenvalue weighted by Crippen LogP contribution is 2.36. The number of likely N-dealkylation sites (tertiary alicyclic amines) is 1. The van der Waals surface area contributed by atoms with Crippen LogP contribution in [0.5, 0.6) is 11.5 Å². The molecule has 1 aromatic heterocycles. The van der Waals surface area contributed by atoms with Gasteiger partial charge in [0.25, 0.3) is 0 Å². The van der Waals surface area contributed by atoms with Crippen molar-refractivity contribution in [2.45, 2.75) is 36.8 Å². The standard InChI is InChI=1S/C29H35FN2O4S/c1-35-22-4-3-5-24(17-22)37-15-14-32-13-11-20(21(19-32)16-29(33)34)6-8-27(30)25-10-12-31-28-9-7-23(36-2)18-26(25)28/h3-5,7,9-10,12,17-18,20-21,27H,6,8,11,13-16,19H2,1-2H3,(H,33,34)/t20-,21+,27?/m1/s1. The lowest BCUT2D eigenvalue weighted by Crippen LogP contribution is -2.42. The van der Waals surface area contributed by atoms with Crippen molar-refractivity contribution in [3.8, 4) is 11.5 Å². The minimum Gasteiger partial charge on any atom is -0.497 e. The van der Waals surface area contributed by atoms with Crippen LogP contribution in [0.4, 0.5) is 4.39 Å². The number of halogens is 1. The van der Waals surface area contributed by atoms with Gasteiger partial charge in [0.05, 0.1) is 19.7 Å². The molecular formula is C29H35FN2O4S. The number of ether oxygens (including phenoxy) is 2. The summed E-state index contributed by atoms with van der Waals surface area (Å²) in [6.45, 7) is 2.54. The Hall–Kier alpha value is -2.84. The number of pyridine rings is 1. The van der Waals surface area contributed by atoms with Gasteiger partial charge in [0, 0.05) is 41.7 Å². The SMILES string of the molecule is COc1cccc(SCCN2CC[C@@H](CCC(F)c3ccnc4ccc(OC)cc34)[C@@H](CC(=O)O)C2)c1. The van der Waals surface area contributed by atoms with Crippen LogP contribution in [0.25, 0.3) is 10.9 Å². The summed E-state index contributed by atoms with van der Waals surface area (Å²) >= 11 is 1.77. The van der Waals surface area contributed by atoms with E-state index in [-0.39, 0.29) is 18.3 Å². The van der Waals surface area contributed by atoms with Gasteiger partial charge in [-0.05, 0) is 85.7 Å². The highest BCUT2D eigenvalue weighted by molar-refractivity contribution is 7.99. The summed E-state index contributed by atoms with van der Waals surface area (Å²) in [6.07, 6.45) is 2.55. The third-order valence-corrected chi connectivity index (χ3v) is 8.21. The number of aromatic nitrogens is 1. The maximum absolute atomic E-state index is 15.5. The topological polar surface area (TPSA) is 71.9 Å². The van der Waals surface area contributed by atoms with Gasteiger partial charge in [0.2, 0.25) is 0 Å². The molecule has 37 heavy (non-hydrogen) atoms. The molecule has 0 aliphatic carbocycles. The van der Waals surface area contributed by atoms with Gasteiger partial charge in [0.1, 0.15) is 17.7 Å². The van der Waals surface area contributed by atoms with Crippen LogP contribution < -0.4 is 9.47 Å². The van der Waals surface area contributed by atoms with Crippen molar-refractivity contribution < 1.29 is 23.8 Å². The molecule has 8 heteroatoms. The summed E-state index contributed by atoms with van der Waals surface area (Å²) in [4.78, 5) is 19.5. The van der Waals surface area contributed by atoms with Crippen molar-refractivity contribution in [2.75, 3.05) is 39.6 Å². The van der Waals surface area contributed by atoms with Crippen molar-refractivity contribution >= 4 is 28.6 Å². The van der Waals surface area contributed by atoms with Crippen molar-refractivity contribution in [1.82, 2.24) is 9.88 Å². The number of hydrogen-bond acceptors (Lipinski definition) is 6. The van der Waals surface area contributed by atoms with Gasteiger partial charge in [-0.15, -0.1) is 11.8 Å². The number of piperidine rings is 1. The molecule has 0 spiro atoms. The Morgan fingerprint density at radius 1 is 1.16 bits per heavy atom. The average molecular weight is 527 g/mol. The molecule has 1 fully saturated rings. The van der Waals surface area contributed by atoms with Gasteiger partial charge in [0.15, 0.2) is 0 Å². The summed E-state index contributed by atoms with van der Waals surface area (Å²) in [5.74, 6) is 1.87. The van der Waals surface area contributed by atoms with Crippen molar-refractivity contribution in [1.29, 1.82) is 0 Å². The van der Waals surface area contributed by atoms with Crippen LogP contribution in [0, 0.1) is 11.8 Å². The van der Waals surface area contributed by atoms with E-state index in [2.05, 4.69) is 16.0 Å². The van der Waals surface area contributed by atoms with Crippen LogP contribution in [0.15, 0.2) is 59.6 Å². The number of nitrogens with zero attached hydrogens (tertiary/aromatic N) is 2. The second-order valence-corrected chi connectivity index (χ2v) is 10.7. The third kappa shape index (κ3) is 7.36. The molecular weight excluding hydrogens is 491 g/mol. The predicted molar refractivity (Wildman–Crippen MR) is 145 cm³/mol. The van der Waals surface area contributed by atoms with Gasteiger partial charge >= 0.3 is 5.97 Å². The maximum Gasteiger partial charge on any atom is 0.303 e. The number of rotatable bonds is 12. The van der Waals surface area contributed by atoms with Crippen molar-refractivity contribution in [3.05, 3.63) is 60.3 Å². The Morgan fingerprint density at radius 2 is 1.97 bits per heavy atom. The van der Waals surface area contributed by atoms with E-state index in [1.807, 2.05) is 36.4 Å². The van der Waals surface area contributed by atoms with Gasteiger partial charge in [-0.1, -0.05) is 6.07 Å². The Labute approximate surface area is 222 Å². The van der Waals surface area contributed by atoms with Crippen molar-refractivity contribution in [2.24, 2.45) is 11.8 Å². The quantitative estimate of drug-likeness (QED) is 0.280. The average Bonchev–Trinajstić information content (AvgIpc) is 2.91. The summed E-state index contributed by atoms with van der Waals surface area (Å²) in [5.41, 5.74) is 1.36. The lowest BCUT2D eigenvalue weighted by atomic mass is 9.79. The number of benzene rings is 2. The van der Waals surface area contributed by atoms with Crippen LogP contribution in [-0.4, -0.2) is 60.6 Å². The number of fused-ring (bicyclic) bond motifs is 1. The lowest BCUT2D eigenvalue weighted by molar-refractivity contribution is -0.139. The number of hydrogen-bond donors (Lipinski definition) is 1. The molecule has 0 radical (unpaired) electrons. The Balaban J connectivity index is 1.34. The highest BCUT2D eigenvalue weighted by Gasteiger charge is 2.31. The molecule has 0 saturated carbocycles. The molecule has 3 aromatic rings. The number of carbonyl (C=O) groups is 1. The molecule has 0 amide bonds. The zero-order valence-electron chi connectivity index (χ0n) is 21.4. The summed E-state index contributed by atoms with van der Waals surface area (Å²) in [7, 11) is 3.26. The Bertz CT molecular complexity index is 1190. The number of carboxylic acid groups (broad SMARTS) is 1. The molecule has 1 saturated heterocycles. The maximum atomic E-state index is 15.5. The molecule has 1 aliphatic rings. The third-order valence-electron chi connectivity index (χ3n) is 7.24. The first kappa shape index (κ1) is 27.2. The van der Waals surface area contributed by atoms with Crippen LogP contribution in [0.2, 0.25) is 0 Å². The number of methoxy groups -OCH3 is 2. The van der Waals surface area contributed by atoms with E-state index in [1.165, 1.54) is 0 Å². The zero-order valence-corrected chi connectivity index (χ0v) is 22.3. The normalized spacial score (nSPS) is 19.0. The molecule has 1 aliphatic heterocycles. The molecule has 2 heterocycles. The minimum absolute atomic E-state index is 0.0227. The van der Waals surface area contributed by atoms with Crippen LogP contribution in [0.1, 0.15) is 37.4 Å². The Kier molecular flexibility index (Phi) is 9.63. The zero-order chi connectivity index (χ0) is 26.2. The molecule has 1 unspecified atom stereocenters. The van der Waals surface area contributed by atoms with Crippen LogP contribution >= 0.6 is 11.8 Å². The monoisotopic (exact) mass is 526 g/mol. The first-order valence-electron chi connectivity index (χ1n) is 12.7. The fourth-order valence-corrected chi connectivity index (χ4v) is 6.20. The number of carboxylic acids is 1. The smallest absolute Gasteiger partial charge is 0.303 e. The number of aliphatic carboxylic acids is 1. The van der Waals surface area contributed by atoms with Gasteiger partial charge in [-0.3, -0.25) is 9.78 Å². The van der Waals surface area contributed by atoms with E-state index < -0.39 is 12.1 Å². The second-order valence-electron chi connectivity index (χ2n) is 9.56. The van der Waals surface area contributed by atoms with Crippen LogP contribution in [0.3, 0.4) is 0 Å². The molecule has 198 valence electrons. The summed E-state index contributed by atoms with van der Waals surface area (Å²) in [5, 5.41) is 10.3. The molecule has 6 nitrogen and oxygen atoms in total. The van der Waals surface area contributed by atoms with Gasteiger partial charge in [-0.25, -0.2) is 4.39 Å². The number of thioether (sulfide) groups is 1. The van der Waals surface area contributed by atoms with E-state index in [9.17, 15) is 9.90 Å². The summed E-state index contributed by atoms with van der Waals surface area (Å²) < 4.78 is 26.1. The highest BCUT2D eigenvalue weighted by atomic mass is 32.2. The van der Waals surface area contributed by atoms with Crippen LogP contribution in [-0.2, 0) is 4.79 Å². The molecule has 4 rings (SSSR count). The largest absolute Gasteiger partial charge is 0.497 e. The first-order valence-corrected chi connectivity index (χ1v) is 13.7. The molecule has 0 bridgehead atoms. The fourth-order valence-electron chi connectivity index (χ4n) is 5.24. The van der Waals surface area contributed by atoms with Gasteiger partial charge < -0.3 is 19.5 Å². The molecule has 3 atom stereocenters. The number of alkyl halides is 1.